The number of hydrogen-bond donors (Lipinski definition) is 0. The van der Waals surface area contributed by atoms with E-state index in [4.69, 9.17) is 4.74 Å². The van der Waals surface area contributed by atoms with E-state index in [9.17, 15) is 8.42 Å². The van der Waals surface area contributed by atoms with Crippen molar-refractivity contribution in [2.75, 3.05) is 7.11 Å². The summed E-state index contributed by atoms with van der Waals surface area (Å²) in [5.41, 5.74) is 0. The Morgan fingerprint density at radius 2 is 1.83 bits per heavy atom. The van der Waals surface area contributed by atoms with Gasteiger partial charge in [-0.15, -0.1) is 0 Å². The highest BCUT2D eigenvalue weighted by molar-refractivity contribution is 7.89. The molecule has 2 aliphatic heterocycles. The van der Waals surface area contributed by atoms with Gasteiger partial charge in [-0.25, -0.2) is 18.1 Å². The lowest BCUT2D eigenvalue weighted by molar-refractivity contribution is 0.184. The van der Waals surface area contributed by atoms with Crippen LogP contribution in [0.15, 0.2) is 41.8 Å². The Hall–Kier alpha value is -1.93. The zero-order valence-corrected chi connectivity index (χ0v) is 14.3. The number of rotatable bonds is 4. The van der Waals surface area contributed by atoms with Crippen LogP contribution < -0.4 is 4.74 Å². The monoisotopic (exact) mass is 348 g/mol. The fourth-order valence-electron chi connectivity index (χ4n) is 4.07. The number of sulfonamides is 1. The first-order chi connectivity index (χ1) is 11.6. The van der Waals surface area contributed by atoms with Crippen LogP contribution in [0.1, 0.15) is 31.7 Å². The van der Waals surface area contributed by atoms with E-state index in [0.29, 0.717) is 5.75 Å². The molecule has 0 radical (unpaired) electrons. The third-order valence-corrected chi connectivity index (χ3v) is 7.12. The molecule has 2 unspecified atom stereocenters. The molecule has 2 saturated heterocycles. The molecule has 0 N–H and O–H groups in total. The third-order valence-electron chi connectivity index (χ3n) is 5.08. The molecule has 2 bridgehead atoms. The maximum absolute atomic E-state index is 13.2. The van der Waals surface area contributed by atoms with Gasteiger partial charge in [-0.1, -0.05) is 12.1 Å². The van der Waals surface area contributed by atoms with Crippen LogP contribution in [0.2, 0.25) is 0 Å². The number of ether oxygens (including phenoxy) is 1. The smallest absolute Gasteiger partial charge is 0.247 e. The Kier molecular flexibility index (Phi) is 3.80. The number of methoxy groups -OCH3 is 1. The van der Waals surface area contributed by atoms with Gasteiger partial charge in [0.2, 0.25) is 10.0 Å². The molecule has 2 aromatic rings. The fourth-order valence-corrected chi connectivity index (χ4v) is 6.12. The van der Waals surface area contributed by atoms with Crippen molar-refractivity contribution < 1.29 is 13.2 Å². The molecular weight excluding hydrogens is 328 g/mol. The highest BCUT2D eigenvalue weighted by Gasteiger charge is 2.48. The quantitative estimate of drug-likeness (QED) is 0.843. The molecule has 0 spiro atoms. The Balaban J connectivity index is 1.66. The molecule has 2 fully saturated rings. The highest BCUT2D eigenvalue weighted by Crippen LogP contribution is 2.44. The van der Waals surface area contributed by atoms with Crippen LogP contribution in [0, 0.1) is 0 Å². The predicted octanol–water partition coefficient (Wildman–Crippen LogP) is 1.84. The van der Waals surface area contributed by atoms with E-state index in [0.717, 1.165) is 25.7 Å². The standard InChI is InChI=1S/C16H20N4O3S/c1-23-15-4-2-3-5-16(15)24(21,22)20-12-6-7-13(20)9-14(8-12)19-11-17-10-18-19/h2-5,10-14H,6-9H2,1H3. The van der Waals surface area contributed by atoms with E-state index in [-0.39, 0.29) is 23.0 Å². The number of benzene rings is 1. The minimum absolute atomic E-state index is 0.00728. The summed E-state index contributed by atoms with van der Waals surface area (Å²) in [5, 5.41) is 4.23. The third kappa shape index (κ3) is 2.41. The average Bonchev–Trinajstić information content (AvgIpc) is 3.22. The average molecular weight is 348 g/mol. The summed E-state index contributed by atoms with van der Waals surface area (Å²) in [7, 11) is -2.07. The molecule has 8 heteroatoms. The normalized spacial score (nSPS) is 27.3. The number of hydrogen-bond acceptors (Lipinski definition) is 5. The van der Waals surface area contributed by atoms with E-state index >= 15 is 0 Å². The molecule has 4 rings (SSSR count). The molecule has 1 aromatic carbocycles. The topological polar surface area (TPSA) is 77.3 Å². The molecule has 0 saturated carbocycles. The van der Waals surface area contributed by atoms with E-state index in [1.54, 1.807) is 34.9 Å². The van der Waals surface area contributed by atoms with Gasteiger partial charge < -0.3 is 4.74 Å². The van der Waals surface area contributed by atoms with Crippen molar-refractivity contribution >= 4 is 10.0 Å². The first kappa shape index (κ1) is 15.6. The van der Waals surface area contributed by atoms with Gasteiger partial charge >= 0.3 is 0 Å². The van der Waals surface area contributed by atoms with Gasteiger partial charge in [0.05, 0.1) is 13.2 Å². The summed E-state index contributed by atoms with van der Waals surface area (Å²) in [4.78, 5) is 4.26. The van der Waals surface area contributed by atoms with Crippen LogP contribution in [0.4, 0.5) is 0 Å². The minimum atomic E-state index is -3.57. The summed E-state index contributed by atoms with van der Waals surface area (Å²) in [5.74, 6) is 0.398. The van der Waals surface area contributed by atoms with Crippen LogP contribution in [0.5, 0.6) is 5.75 Å². The van der Waals surface area contributed by atoms with Crippen molar-refractivity contribution in [2.45, 2.75) is 48.7 Å². The zero-order chi connectivity index (χ0) is 16.7. The molecule has 0 aliphatic carbocycles. The first-order valence-electron chi connectivity index (χ1n) is 8.12. The molecule has 128 valence electrons. The molecule has 2 aliphatic rings. The second-order valence-electron chi connectivity index (χ2n) is 6.37. The second kappa shape index (κ2) is 5.86. The molecule has 1 aromatic heterocycles. The lowest BCUT2D eigenvalue weighted by Gasteiger charge is -2.37. The summed E-state index contributed by atoms with van der Waals surface area (Å²) >= 11 is 0. The lowest BCUT2D eigenvalue weighted by Crippen LogP contribution is -2.46. The van der Waals surface area contributed by atoms with Gasteiger partial charge in [0.25, 0.3) is 0 Å². The number of aromatic nitrogens is 3. The van der Waals surface area contributed by atoms with Crippen LogP contribution in [0.25, 0.3) is 0 Å². The SMILES string of the molecule is COc1ccccc1S(=O)(=O)N1C2CCC1CC(n1cncn1)C2. The first-order valence-corrected chi connectivity index (χ1v) is 9.56. The summed E-state index contributed by atoms with van der Waals surface area (Å²) in [6, 6.07) is 7.06. The molecule has 24 heavy (non-hydrogen) atoms. The van der Waals surface area contributed by atoms with Crippen LogP contribution in [0.3, 0.4) is 0 Å². The second-order valence-corrected chi connectivity index (χ2v) is 8.18. The van der Waals surface area contributed by atoms with Crippen molar-refractivity contribution in [3.8, 4) is 5.75 Å². The Labute approximate surface area is 141 Å². The van der Waals surface area contributed by atoms with Crippen molar-refractivity contribution in [1.29, 1.82) is 0 Å². The van der Waals surface area contributed by atoms with Crippen molar-refractivity contribution in [1.82, 2.24) is 19.1 Å². The molecule has 2 atom stereocenters. The molecule has 7 nitrogen and oxygen atoms in total. The summed E-state index contributed by atoms with van der Waals surface area (Å²) in [6.45, 7) is 0. The highest BCUT2D eigenvalue weighted by atomic mass is 32.2. The fraction of sp³-hybridized carbons (Fsp3) is 0.500. The van der Waals surface area contributed by atoms with Gasteiger partial charge in [-0.3, -0.25) is 0 Å². The Morgan fingerprint density at radius 1 is 1.12 bits per heavy atom. The van der Waals surface area contributed by atoms with Gasteiger partial charge in [-0.05, 0) is 37.8 Å². The lowest BCUT2D eigenvalue weighted by atomic mass is 10.0. The van der Waals surface area contributed by atoms with E-state index in [1.165, 1.54) is 13.4 Å². The van der Waals surface area contributed by atoms with Crippen molar-refractivity contribution in [2.24, 2.45) is 0 Å². The van der Waals surface area contributed by atoms with Gasteiger partial charge in [0.1, 0.15) is 23.3 Å². The Bertz CT molecular complexity index is 808. The van der Waals surface area contributed by atoms with Crippen molar-refractivity contribution in [3.63, 3.8) is 0 Å². The van der Waals surface area contributed by atoms with Crippen LogP contribution in [-0.4, -0.2) is 46.7 Å². The minimum Gasteiger partial charge on any atom is -0.495 e. The maximum atomic E-state index is 13.2. The van der Waals surface area contributed by atoms with Crippen molar-refractivity contribution in [3.05, 3.63) is 36.9 Å². The number of para-hydroxylation sites is 1. The van der Waals surface area contributed by atoms with Crippen LogP contribution >= 0.6 is 0 Å². The summed E-state index contributed by atoms with van der Waals surface area (Å²) < 4.78 is 35.3. The van der Waals surface area contributed by atoms with Gasteiger partial charge in [0, 0.05) is 12.1 Å². The number of piperidine rings is 1. The number of nitrogens with zero attached hydrogens (tertiary/aromatic N) is 4. The molecular formula is C16H20N4O3S. The van der Waals surface area contributed by atoms with E-state index < -0.39 is 10.0 Å². The van der Waals surface area contributed by atoms with Crippen LogP contribution in [-0.2, 0) is 10.0 Å². The predicted molar refractivity (Wildman–Crippen MR) is 87.1 cm³/mol. The zero-order valence-electron chi connectivity index (χ0n) is 13.4. The van der Waals surface area contributed by atoms with E-state index in [2.05, 4.69) is 10.1 Å². The van der Waals surface area contributed by atoms with Gasteiger partial charge in [0.15, 0.2) is 0 Å². The molecule has 0 amide bonds. The number of fused-ring (bicyclic) bond motifs is 2. The van der Waals surface area contributed by atoms with E-state index in [1.807, 2.05) is 4.68 Å². The Morgan fingerprint density at radius 3 is 2.46 bits per heavy atom. The molecule has 3 heterocycles. The summed E-state index contributed by atoms with van der Waals surface area (Å²) in [6.07, 6.45) is 6.57. The van der Waals surface area contributed by atoms with Gasteiger partial charge in [-0.2, -0.15) is 9.40 Å². The largest absolute Gasteiger partial charge is 0.495 e. The maximum Gasteiger partial charge on any atom is 0.247 e.